The van der Waals surface area contributed by atoms with Gasteiger partial charge in [0.15, 0.2) is 0 Å². The van der Waals surface area contributed by atoms with Crippen LogP contribution >= 0.6 is 24.0 Å². The average Bonchev–Trinajstić information content (AvgIpc) is 2.47. The molecule has 2 rings (SSSR count). The molecule has 0 aliphatic rings. The molecule has 21 heavy (non-hydrogen) atoms. The number of rotatable bonds is 5. The maximum atomic E-state index is 12.4. The van der Waals surface area contributed by atoms with E-state index in [9.17, 15) is 8.42 Å². The van der Waals surface area contributed by atoms with Crippen molar-refractivity contribution < 1.29 is 8.42 Å². The Morgan fingerprint density at radius 1 is 1.14 bits per heavy atom. The third-order valence-corrected chi connectivity index (χ3v) is 5.21. The molecule has 2 aromatic rings. The van der Waals surface area contributed by atoms with Crippen molar-refractivity contribution in [3.63, 3.8) is 0 Å². The lowest BCUT2D eigenvalue weighted by Crippen LogP contribution is -2.14. The molecule has 0 unspecified atom stereocenters. The Labute approximate surface area is 133 Å². The van der Waals surface area contributed by atoms with Gasteiger partial charge in [0, 0.05) is 10.5 Å². The van der Waals surface area contributed by atoms with Crippen molar-refractivity contribution in [3.05, 3.63) is 54.1 Å². The van der Waals surface area contributed by atoms with E-state index in [-0.39, 0.29) is 9.88 Å². The smallest absolute Gasteiger partial charge is 0.261 e. The van der Waals surface area contributed by atoms with Gasteiger partial charge >= 0.3 is 0 Å². The van der Waals surface area contributed by atoms with Gasteiger partial charge in [-0.1, -0.05) is 36.5 Å². The molecule has 0 saturated carbocycles. The van der Waals surface area contributed by atoms with Gasteiger partial charge in [0.25, 0.3) is 10.0 Å². The second kappa shape index (κ2) is 6.46. The SMILES string of the molecule is CSc1ccccc1NS(=O)(=O)c1ccc(C(N)=S)cc1. The Balaban J connectivity index is 2.32. The maximum absolute atomic E-state index is 12.4. The first kappa shape index (κ1) is 15.8. The molecule has 3 N–H and O–H groups in total. The molecule has 2 aromatic carbocycles. The van der Waals surface area contributed by atoms with E-state index in [1.54, 1.807) is 24.3 Å². The monoisotopic (exact) mass is 338 g/mol. The van der Waals surface area contributed by atoms with Gasteiger partial charge < -0.3 is 5.73 Å². The number of benzene rings is 2. The molecule has 0 aliphatic heterocycles. The lowest BCUT2D eigenvalue weighted by atomic mass is 10.2. The third kappa shape index (κ3) is 3.75. The highest BCUT2D eigenvalue weighted by Crippen LogP contribution is 2.27. The van der Waals surface area contributed by atoms with Crippen LogP contribution in [0.5, 0.6) is 0 Å². The average molecular weight is 338 g/mol. The van der Waals surface area contributed by atoms with Crippen LogP contribution < -0.4 is 10.5 Å². The summed E-state index contributed by atoms with van der Waals surface area (Å²) in [5.41, 5.74) is 6.69. The standard InChI is InChI=1S/C14H14N2O2S3/c1-20-13-5-3-2-4-12(13)16-21(17,18)11-8-6-10(7-9-11)14(15)19/h2-9,16H,1H3,(H2,15,19). The van der Waals surface area contributed by atoms with Crippen LogP contribution in [0.2, 0.25) is 0 Å². The summed E-state index contributed by atoms with van der Waals surface area (Å²) in [6.45, 7) is 0. The van der Waals surface area contributed by atoms with Gasteiger partial charge in [-0.3, -0.25) is 4.72 Å². The Morgan fingerprint density at radius 3 is 2.33 bits per heavy atom. The summed E-state index contributed by atoms with van der Waals surface area (Å²) < 4.78 is 27.3. The van der Waals surface area contributed by atoms with E-state index in [1.807, 2.05) is 18.4 Å². The van der Waals surface area contributed by atoms with Crippen molar-refractivity contribution in [2.24, 2.45) is 5.73 Å². The summed E-state index contributed by atoms with van der Waals surface area (Å²) in [7, 11) is -3.64. The van der Waals surface area contributed by atoms with Crippen LogP contribution in [0.4, 0.5) is 5.69 Å². The normalized spacial score (nSPS) is 11.1. The van der Waals surface area contributed by atoms with E-state index in [1.165, 1.54) is 23.9 Å². The summed E-state index contributed by atoms with van der Waals surface area (Å²) in [5, 5.41) is 0. The Morgan fingerprint density at radius 2 is 1.76 bits per heavy atom. The topological polar surface area (TPSA) is 72.2 Å². The number of hydrogen-bond acceptors (Lipinski definition) is 4. The number of hydrogen-bond donors (Lipinski definition) is 2. The molecule has 0 aromatic heterocycles. The zero-order valence-corrected chi connectivity index (χ0v) is 13.7. The van der Waals surface area contributed by atoms with Crippen LogP contribution in [0.15, 0.2) is 58.3 Å². The van der Waals surface area contributed by atoms with Crippen LogP contribution in [-0.2, 0) is 10.0 Å². The molecule has 4 nitrogen and oxygen atoms in total. The summed E-state index contributed by atoms with van der Waals surface area (Å²) >= 11 is 6.32. The van der Waals surface area contributed by atoms with Crippen LogP contribution in [0.3, 0.4) is 0 Å². The van der Waals surface area contributed by atoms with Gasteiger partial charge in [-0.2, -0.15) is 0 Å². The van der Waals surface area contributed by atoms with Crippen molar-refractivity contribution in [3.8, 4) is 0 Å². The molecule has 110 valence electrons. The molecule has 0 fully saturated rings. The third-order valence-electron chi connectivity index (χ3n) is 2.80. The first-order valence-corrected chi connectivity index (χ1v) is 9.11. The minimum absolute atomic E-state index is 0.165. The predicted molar refractivity (Wildman–Crippen MR) is 91.4 cm³/mol. The second-order valence-electron chi connectivity index (χ2n) is 4.19. The highest BCUT2D eigenvalue weighted by atomic mass is 32.2. The highest BCUT2D eigenvalue weighted by molar-refractivity contribution is 7.99. The molecule has 0 bridgehead atoms. The highest BCUT2D eigenvalue weighted by Gasteiger charge is 2.15. The Kier molecular flexibility index (Phi) is 4.87. The summed E-state index contributed by atoms with van der Waals surface area (Å²) in [6.07, 6.45) is 1.89. The zero-order chi connectivity index (χ0) is 15.5. The predicted octanol–water partition coefficient (Wildman–Crippen LogP) is 2.84. The van der Waals surface area contributed by atoms with Crippen molar-refractivity contribution in [1.29, 1.82) is 0 Å². The van der Waals surface area contributed by atoms with E-state index in [0.717, 1.165) is 4.90 Å². The Bertz CT molecular complexity index is 756. The van der Waals surface area contributed by atoms with Crippen LogP contribution in [0.1, 0.15) is 5.56 Å². The fourth-order valence-corrected chi connectivity index (χ4v) is 3.57. The van der Waals surface area contributed by atoms with E-state index >= 15 is 0 Å². The molecule has 0 heterocycles. The van der Waals surface area contributed by atoms with Gasteiger partial charge in [0.1, 0.15) is 4.99 Å². The number of sulfonamides is 1. The first-order valence-electron chi connectivity index (χ1n) is 6.00. The zero-order valence-electron chi connectivity index (χ0n) is 11.2. The van der Waals surface area contributed by atoms with Crippen molar-refractivity contribution in [1.82, 2.24) is 0 Å². The van der Waals surface area contributed by atoms with E-state index < -0.39 is 10.0 Å². The number of nitrogens with one attached hydrogen (secondary N) is 1. The molecular formula is C14H14N2O2S3. The lowest BCUT2D eigenvalue weighted by molar-refractivity contribution is 0.601. The van der Waals surface area contributed by atoms with E-state index in [2.05, 4.69) is 4.72 Å². The molecular weight excluding hydrogens is 324 g/mol. The first-order chi connectivity index (χ1) is 9.94. The molecule has 7 heteroatoms. The fourth-order valence-electron chi connectivity index (χ4n) is 1.73. The summed E-state index contributed by atoms with van der Waals surface area (Å²) in [6, 6.07) is 13.4. The summed E-state index contributed by atoms with van der Waals surface area (Å²) in [4.78, 5) is 1.26. The van der Waals surface area contributed by atoms with Crippen LogP contribution in [0.25, 0.3) is 0 Å². The molecule has 0 aliphatic carbocycles. The molecule has 0 spiro atoms. The molecule has 0 amide bonds. The maximum Gasteiger partial charge on any atom is 0.261 e. The van der Waals surface area contributed by atoms with Gasteiger partial charge in [-0.05, 0) is 30.5 Å². The van der Waals surface area contributed by atoms with E-state index in [4.69, 9.17) is 18.0 Å². The van der Waals surface area contributed by atoms with Crippen molar-refractivity contribution in [2.75, 3.05) is 11.0 Å². The van der Waals surface area contributed by atoms with Gasteiger partial charge in [0.05, 0.1) is 10.6 Å². The summed E-state index contributed by atoms with van der Waals surface area (Å²) in [5.74, 6) is 0. The van der Waals surface area contributed by atoms with E-state index in [0.29, 0.717) is 11.3 Å². The minimum Gasteiger partial charge on any atom is -0.389 e. The number of para-hydroxylation sites is 1. The lowest BCUT2D eigenvalue weighted by Gasteiger charge is -2.11. The number of anilines is 1. The van der Waals surface area contributed by atoms with Crippen LogP contribution in [-0.4, -0.2) is 19.7 Å². The van der Waals surface area contributed by atoms with Crippen molar-refractivity contribution >= 4 is 44.7 Å². The minimum atomic E-state index is -3.64. The molecule has 0 saturated heterocycles. The van der Waals surface area contributed by atoms with Gasteiger partial charge in [-0.15, -0.1) is 11.8 Å². The molecule has 0 radical (unpaired) electrons. The largest absolute Gasteiger partial charge is 0.389 e. The number of thioether (sulfide) groups is 1. The van der Waals surface area contributed by atoms with Crippen molar-refractivity contribution in [2.45, 2.75) is 9.79 Å². The second-order valence-corrected chi connectivity index (χ2v) is 7.16. The molecule has 0 atom stereocenters. The fraction of sp³-hybridized carbons (Fsp3) is 0.0714. The van der Waals surface area contributed by atoms with Gasteiger partial charge in [0.2, 0.25) is 0 Å². The quantitative estimate of drug-likeness (QED) is 0.648. The Hall–Kier alpha value is -1.57. The number of thiocarbonyl (C=S) groups is 1. The van der Waals surface area contributed by atoms with Gasteiger partial charge in [-0.25, -0.2) is 8.42 Å². The number of nitrogens with two attached hydrogens (primary N) is 1. The van der Waals surface area contributed by atoms with Crippen LogP contribution in [0, 0.1) is 0 Å².